The van der Waals surface area contributed by atoms with Crippen molar-refractivity contribution < 1.29 is 11.3 Å². The van der Waals surface area contributed by atoms with E-state index < -0.39 is 6.04 Å². The average molecular weight is 557 g/mol. The topological polar surface area (TPSA) is 51.8 Å². The van der Waals surface area contributed by atoms with E-state index >= 15 is 0 Å². The zero-order valence-corrected chi connectivity index (χ0v) is 22.8. The molecule has 6 aromatic carbocycles. The lowest BCUT2D eigenvalue weighted by Gasteiger charge is -2.10. The molecule has 0 saturated heterocycles. The molecule has 0 unspecified atom stereocenters. The van der Waals surface area contributed by atoms with Gasteiger partial charge in [0.05, 0.1) is 6.85 Å². The predicted octanol–water partition coefficient (Wildman–Crippen LogP) is 10.1. The van der Waals surface area contributed by atoms with Crippen molar-refractivity contribution in [1.29, 1.82) is 0 Å². The molecule has 0 amide bonds. The lowest BCUT2D eigenvalue weighted by atomic mass is 10.0. The molecule has 0 aliphatic heterocycles. The highest BCUT2D eigenvalue weighted by Crippen LogP contribution is 2.35. The number of fused-ring (bicyclic) bond motifs is 3. The van der Waals surface area contributed by atoms with Crippen LogP contribution in [0.3, 0.4) is 0 Å². The van der Waals surface area contributed by atoms with Crippen molar-refractivity contribution in [1.82, 2.24) is 15.0 Å². The SMILES string of the molecule is [2H]c1c([2H])c([2H])c(-c2cccc(-c3nc(-c4ccccc4)nc(-c4ccc5oc6ccc(-c7ccccc7)cc6c5c4)n3)c2)c([2H])c1[2H]. The van der Waals surface area contributed by atoms with Gasteiger partial charge in [0.25, 0.3) is 0 Å². The Kier molecular flexibility index (Phi) is 4.91. The minimum Gasteiger partial charge on any atom is -0.456 e. The molecule has 2 heterocycles. The Balaban J connectivity index is 1.29. The number of furan rings is 1. The lowest BCUT2D eigenvalue weighted by molar-refractivity contribution is 0.669. The van der Waals surface area contributed by atoms with Crippen LogP contribution >= 0.6 is 0 Å². The fourth-order valence-electron chi connectivity index (χ4n) is 5.29. The number of aromatic nitrogens is 3. The molecule has 0 bridgehead atoms. The first-order chi connectivity index (χ1) is 23.4. The van der Waals surface area contributed by atoms with Gasteiger partial charge in [-0.25, -0.2) is 15.0 Å². The molecule has 0 aliphatic carbocycles. The third-order valence-electron chi connectivity index (χ3n) is 7.41. The van der Waals surface area contributed by atoms with Gasteiger partial charge in [0.15, 0.2) is 17.5 Å². The molecular weight excluding hydrogens is 526 g/mol. The Morgan fingerprint density at radius 2 is 0.884 bits per heavy atom. The molecule has 0 radical (unpaired) electrons. The monoisotopic (exact) mass is 556 g/mol. The van der Waals surface area contributed by atoms with Gasteiger partial charge in [-0.3, -0.25) is 0 Å². The highest BCUT2D eigenvalue weighted by Gasteiger charge is 2.15. The molecule has 0 saturated carbocycles. The lowest BCUT2D eigenvalue weighted by Crippen LogP contribution is -2.00. The standard InChI is InChI=1S/C39H25N3O/c1-4-11-26(12-5-1)29-17-10-18-31(23-29)38-40-37(28-15-8-3-9-16-28)41-39(42-38)32-20-22-36-34(25-32)33-24-30(19-21-35(33)43-36)27-13-6-2-7-14-27/h1-25H/i1D,4D,5D,11D,12D. The summed E-state index contributed by atoms with van der Waals surface area (Å²) in [4.78, 5) is 14.6. The number of hydrogen-bond donors (Lipinski definition) is 0. The quantitative estimate of drug-likeness (QED) is 0.212. The van der Waals surface area contributed by atoms with E-state index in [9.17, 15) is 0 Å². The van der Waals surface area contributed by atoms with Crippen LogP contribution in [0.2, 0.25) is 0 Å². The molecule has 8 aromatic rings. The van der Waals surface area contributed by atoms with Crippen LogP contribution in [0.5, 0.6) is 0 Å². The van der Waals surface area contributed by atoms with Crippen LogP contribution in [0, 0.1) is 0 Å². The molecule has 4 heteroatoms. The summed E-state index contributed by atoms with van der Waals surface area (Å²) in [5, 5.41) is 1.92. The predicted molar refractivity (Wildman–Crippen MR) is 174 cm³/mol. The second-order valence-electron chi connectivity index (χ2n) is 10.1. The van der Waals surface area contributed by atoms with Crippen LogP contribution < -0.4 is 0 Å². The minimum absolute atomic E-state index is 0.118. The summed E-state index contributed by atoms with van der Waals surface area (Å²) >= 11 is 0. The highest BCUT2D eigenvalue weighted by molar-refractivity contribution is 6.07. The molecule has 0 atom stereocenters. The molecule has 0 N–H and O–H groups in total. The van der Waals surface area contributed by atoms with Crippen LogP contribution in [0.1, 0.15) is 6.85 Å². The van der Waals surface area contributed by atoms with E-state index in [1.807, 2.05) is 78.9 Å². The maximum Gasteiger partial charge on any atom is 0.164 e. The molecule has 202 valence electrons. The number of nitrogens with zero attached hydrogens (tertiary/aromatic N) is 3. The van der Waals surface area contributed by atoms with E-state index in [0.717, 1.165) is 44.2 Å². The first-order valence-corrected chi connectivity index (χ1v) is 13.9. The molecule has 8 rings (SSSR count). The van der Waals surface area contributed by atoms with Gasteiger partial charge in [-0.15, -0.1) is 0 Å². The number of benzene rings is 6. The van der Waals surface area contributed by atoms with E-state index in [4.69, 9.17) is 26.2 Å². The zero-order chi connectivity index (χ0) is 32.9. The largest absolute Gasteiger partial charge is 0.456 e. The smallest absolute Gasteiger partial charge is 0.164 e. The third kappa shape index (κ3) is 4.75. The molecule has 4 nitrogen and oxygen atoms in total. The van der Waals surface area contributed by atoms with E-state index in [1.54, 1.807) is 18.2 Å². The van der Waals surface area contributed by atoms with Gasteiger partial charge in [-0.1, -0.05) is 115 Å². The zero-order valence-electron chi connectivity index (χ0n) is 27.8. The van der Waals surface area contributed by atoms with Crippen molar-refractivity contribution in [3.8, 4) is 56.4 Å². The fraction of sp³-hybridized carbons (Fsp3) is 0. The summed E-state index contributed by atoms with van der Waals surface area (Å²) in [6, 6.07) is 37.3. The van der Waals surface area contributed by atoms with Crippen LogP contribution in [-0.4, -0.2) is 15.0 Å². The van der Waals surface area contributed by atoms with Gasteiger partial charge in [-0.2, -0.15) is 0 Å². The number of hydrogen-bond acceptors (Lipinski definition) is 4. The van der Waals surface area contributed by atoms with Crippen molar-refractivity contribution in [2.75, 3.05) is 0 Å². The van der Waals surface area contributed by atoms with Gasteiger partial charge < -0.3 is 4.42 Å². The van der Waals surface area contributed by atoms with Crippen molar-refractivity contribution >= 4 is 21.9 Å². The van der Waals surface area contributed by atoms with Crippen LogP contribution in [0.4, 0.5) is 0 Å². The Bertz CT molecular complexity index is 2490. The second kappa shape index (κ2) is 10.5. The minimum atomic E-state index is -0.432. The van der Waals surface area contributed by atoms with E-state index in [-0.39, 0.29) is 29.7 Å². The summed E-state index contributed by atoms with van der Waals surface area (Å²) in [6.07, 6.45) is 0. The Morgan fingerprint density at radius 1 is 0.395 bits per heavy atom. The Morgan fingerprint density at radius 3 is 1.56 bits per heavy atom. The van der Waals surface area contributed by atoms with Gasteiger partial charge in [0.2, 0.25) is 0 Å². The van der Waals surface area contributed by atoms with Crippen molar-refractivity contribution in [2.45, 2.75) is 0 Å². The third-order valence-corrected chi connectivity index (χ3v) is 7.41. The number of rotatable bonds is 5. The maximum atomic E-state index is 8.49. The van der Waals surface area contributed by atoms with Crippen molar-refractivity contribution in [2.24, 2.45) is 0 Å². The molecule has 2 aromatic heterocycles. The maximum absolute atomic E-state index is 8.49. The Hall–Kier alpha value is -5.87. The van der Waals surface area contributed by atoms with E-state index in [1.165, 1.54) is 0 Å². The fourth-order valence-corrected chi connectivity index (χ4v) is 5.29. The first-order valence-electron chi connectivity index (χ1n) is 16.4. The second-order valence-corrected chi connectivity index (χ2v) is 10.1. The van der Waals surface area contributed by atoms with Crippen molar-refractivity contribution in [3.63, 3.8) is 0 Å². The molecule has 0 aliphatic rings. The normalized spacial score (nSPS) is 12.9. The van der Waals surface area contributed by atoms with Gasteiger partial charge in [0, 0.05) is 27.5 Å². The summed E-state index contributed by atoms with van der Waals surface area (Å²) in [5.41, 5.74) is 6.53. The average Bonchev–Trinajstić information content (AvgIpc) is 3.51. The summed E-state index contributed by atoms with van der Waals surface area (Å²) in [6.45, 7) is 0. The van der Waals surface area contributed by atoms with Gasteiger partial charge in [0.1, 0.15) is 11.2 Å². The van der Waals surface area contributed by atoms with E-state index in [0.29, 0.717) is 28.6 Å². The summed E-state index contributed by atoms with van der Waals surface area (Å²) in [7, 11) is 0. The molecule has 0 spiro atoms. The molecule has 43 heavy (non-hydrogen) atoms. The van der Waals surface area contributed by atoms with Crippen LogP contribution in [0.25, 0.3) is 78.4 Å². The summed E-state index contributed by atoms with van der Waals surface area (Å²) < 4.78 is 47.5. The highest BCUT2D eigenvalue weighted by atomic mass is 16.3. The van der Waals surface area contributed by atoms with Crippen LogP contribution in [0.15, 0.2) is 156 Å². The van der Waals surface area contributed by atoms with E-state index in [2.05, 4.69) is 24.3 Å². The van der Waals surface area contributed by atoms with Gasteiger partial charge >= 0.3 is 0 Å². The van der Waals surface area contributed by atoms with Gasteiger partial charge in [-0.05, 0) is 58.7 Å². The first kappa shape index (κ1) is 20.1. The van der Waals surface area contributed by atoms with Crippen molar-refractivity contribution in [3.05, 3.63) is 152 Å². The van der Waals surface area contributed by atoms with Crippen LogP contribution in [-0.2, 0) is 0 Å². The molecule has 0 fully saturated rings. The Labute approximate surface area is 256 Å². The molecular formula is C39H25N3O. The summed E-state index contributed by atoms with van der Waals surface area (Å²) in [5.74, 6) is 1.33.